The van der Waals surface area contributed by atoms with E-state index in [2.05, 4.69) is 37.4 Å². The van der Waals surface area contributed by atoms with E-state index in [4.69, 9.17) is 0 Å². The van der Waals surface area contributed by atoms with Crippen molar-refractivity contribution in [3.8, 4) is 0 Å². The second-order valence-corrected chi connectivity index (χ2v) is 3.29. The van der Waals surface area contributed by atoms with Crippen LogP contribution in [0.3, 0.4) is 0 Å². The van der Waals surface area contributed by atoms with Crippen molar-refractivity contribution in [1.29, 1.82) is 0 Å². The topological polar surface area (TPSA) is 12.0 Å². The van der Waals surface area contributed by atoms with Gasteiger partial charge in [0.15, 0.2) is 0 Å². The molecule has 72 valence electrons. The molecule has 0 spiro atoms. The van der Waals surface area contributed by atoms with E-state index >= 15 is 0 Å². The summed E-state index contributed by atoms with van der Waals surface area (Å²) in [7, 11) is 2.00. The van der Waals surface area contributed by atoms with Gasteiger partial charge in [-0.15, -0.1) is 0 Å². The van der Waals surface area contributed by atoms with Crippen LogP contribution in [-0.4, -0.2) is 7.05 Å². The maximum absolute atomic E-state index is 3.21. The monoisotopic (exact) mass is 177 g/mol. The van der Waals surface area contributed by atoms with Gasteiger partial charge in [0.05, 0.1) is 0 Å². The largest absolute Gasteiger partial charge is 0.316 e. The quantitative estimate of drug-likeness (QED) is 0.745. The van der Waals surface area contributed by atoms with Crippen molar-refractivity contribution in [3.05, 3.63) is 34.9 Å². The molecule has 0 aliphatic carbocycles. The Labute approximate surface area is 81.2 Å². The third-order valence-corrected chi connectivity index (χ3v) is 2.47. The molecule has 0 amide bonds. The normalized spacial score (nSPS) is 10.4. The molecule has 0 aliphatic rings. The lowest BCUT2D eigenvalue weighted by molar-refractivity contribution is 0.801. The maximum atomic E-state index is 3.21. The molecule has 0 aliphatic heterocycles. The SMILES string of the molecule is CCc1cccc(CNC)c1CC. The predicted molar refractivity (Wildman–Crippen MR) is 58.0 cm³/mol. The van der Waals surface area contributed by atoms with Crippen LogP contribution in [0.15, 0.2) is 18.2 Å². The highest BCUT2D eigenvalue weighted by Gasteiger charge is 2.03. The fraction of sp³-hybridized carbons (Fsp3) is 0.500. The van der Waals surface area contributed by atoms with E-state index in [0.29, 0.717) is 0 Å². The summed E-state index contributed by atoms with van der Waals surface area (Å²) in [5, 5.41) is 3.21. The van der Waals surface area contributed by atoms with Gasteiger partial charge in [-0.25, -0.2) is 0 Å². The zero-order valence-corrected chi connectivity index (χ0v) is 8.85. The summed E-state index contributed by atoms with van der Waals surface area (Å²) in [4.78, 5) is 0. The van der Waals surface area contributed by atoms with Gasteiger partial charge in [-0.1, -0.05) is 32.0 Å². The average molecular weight is 177 g/mol. The Morgan fingerprint density at radius 2 is 1.77 bits per heavy atom. The third kappa shape index (κ3) is 2.31. The van der Waals surface area contributed by atoms with Crippen LogP contribution in [0.1, 0.15) is 30.5 Å². The minimum absolute atomic E-state index is 0.983. The van der Waals surface area contributed by atoms with E-state index in [-0.39, 0.29) is 0 Å². The number of nitrogens with one attached hydrogen (secondary N) is 1. The third-order valence-electron chi connectivity index (χ3n) is 2.47. The van der Waals surface area contributed by atoms with E-state index in [1.54, 1.807) is 0 Å². The molecule has 13 heavy (non-hydrogen) atoms. The first-order chi connectivity index (χ1) is 6.33. The smallest absolute Gasteiger partial charge is 0.0205 e. The van der Waals surface area contributed by atoms with Gasteiger partial charge in [0.1, 0.15) is 0 Å². The number of aryl methyl sites for hydroxylation is 1. The lowest BCUT2D eigenvalue weighted by atomic mass is 9.97. The highest BCUT2D eigenvalue weighted by molar-refractivity contribution is 5.35. The molecule has 0 unspecified atom stereocenters. The molecule has 0 saturated carbocycles. The molecule has 1 heteroatoms. The summed E-state index contributed by atoms with van der Waals surface area (Å²) in [6, 6.07) is 6.61. The van der Waals surface area contributed by atoms with Crippen molar-refractivity contribution in [2.75, 3.05) is 7.05 Å². The first kappa shape index (κ1) is 10.3. The predicted octanol–water partition coefficient (Wildman–Crippen LogP) is 2.53. The van der Waals surface area contributed by atoms with Gasteiger partial charge in [-0.3, -0.25) is 0 Å². The summed E-state index contributed by atoms with van der Waals surface area (Å²) in [6.07, 6.45) is 2.28. The van der Waals surface area contributed by atoms with Crippen molar-refractivity contribution < 1.29 is 0 Å². The second-order valence-electron chi connectivity index (χ2n) is 3.29. The van der Waals surface area contributed by atoms with Crippen LogP contribution in [0.2, 0.25) is 0 Å². The lowest BCUT2D eigenvalue weighted by Crippen LogP contribution is -2.08. The van der Waals surface area contributed by atoms with Gasteiger partial charge in [0, 0.05) is 6.54 Å². The standard InChI is InChI=1S/C12H19N/c1-4-10-7-6-8-11(9-13-3)12(10)5-2/h6-8,13H,4-5,9H2,1-3H3. The number of hydrogen-bond donors (Lipinski definition) is 1. The summed E-state index contributed by atoms with van der Waals surface area (Å²) in [5.41, 5.74) is 4.47. The first-order valence-electron chi connectivity index (χ1n) is 5.07. The molecule has 0 aromatic heterocycles. The van der Waals surface area contributed by atoms with Crippen molar-refractivity contribution in [1.82, 2.24) is 5.32 Å². The number of rotatable bonds is 4. The fourth-order valence-corrected chi connectivity index (χ4v) is 1.83. The van der Waals surface area contributed by atoms with E-state index in [9.17, 15) is 0 Å². The molecule has 1 nitrogen and oxygen atoms in total. The summed E-state index contributed by atoms with van der Waals surface area (Å²) in [5.74, 6) is 0. The Kier molecular flexibility index (Phi) is 3.97. The minimum atomic E-state index is 0.983. The summed E-state index contributed by atoms with van der Waals surface area (Å²) in [6.45, 7) is 5.43. The highest BCUT2D eigenvalue weighted by atomic mass is 14.8. The van der Waals surface area contributed by atoms with E-state index in [1.165, 1.54) is 16.7 Å². The van der Waals surface area contributed by atoms with Crippen LogP contribution >= 0.6 is 0 Å². The van der Waals surface area contributed by atoms with E-state index in [0.717, 1.165) is 19.4 Å². The molecular formula is C12H19N. The van der Waals surface area contributed by atoms with Gasteiger partial charge < -0.3 is 5.32 Å². The molecular weight excluding hydrogens is 158 g/mol. The Morgan fingerprint density at radius 3 is 2.31 bits per heavy atom. The van der Waals surface area contributed by atoms with Crippen LogP contribution in [0, 0.1) is 0 Å². The molecule has 0 atom stereocenters. The number of benzene rings is 1. The van der Waals surface area contributed by atoms with Crippen LogP contribution < -0.4 is 5.32 Å². The molecule has 0 heterocycles. The van der Waals surface area contributed by atoms with E-state index in [1.807, 2.05) is 7.05 Å². The molecule has 0 saturated heterocycles. The Hall–Kier alpha value is -0.820. The van der Waals surface area contributed by atoms with Gasteiger partial charge in [-0.05, 0) is 36.6 Å². The van der Waals surface area contributed by atoms with Gasteiger partial charge in [0.25, 0.3) is 0 Å². The van der Waals surface area contributed by atoms with Gasteiger partial charge in [0.2, 0.25) is 0 Å². The summed E-state index contributed by atoms with van der Waals surface area (Å²) >= 11 is 0. The van der Waals surface area contributed by atoms with Gasteiger partial charge >= 0.3 is 0 Å². The van der Waals surface area contributed by atoms with Gasteiger partial charge in [-0.2, -0.15) is 0 Å². The van der Waals surface area contributed by atoms with Crippen LogP contribution in [0.25, 0.3) is 0 Å². The molecule has 1 aromatic rings. The second kappa shape index (κ2) is 5.03. The minimum Gasteiger partial charge on any atom is -0.316 e. The molecule has 0 bridgehead atoms. The fourth-order valence-electron chi connectivity index (χ4n) is 1.83. The van der Waals surface area contributed by atoms with Crippen LogP contribution in [-0.2, 0) is 19.4 Å². The van der Waals surface area contributed by atoms with Crippen molar-refractivity contribution in [2.24, 2.45) is 0 Å². The lowest BCUT2D eigenvalue weighted by Gasteiger charge is -2.11. The first-order valence-corrected chi connectivity index (χ1v) is 5.07. The zero-order valence-electron chi connectivity index (χ0n) is 8.85. The van der Waals surface area contributed by atoms with Crippen molar-refractivity contribution in [3.63, 3.8) is 0 Å². The van der Waals surface area contributed by atoms with E-state index < -0.39 is 0 Å². The highest BCUT2D eigenvalue weighted by Crippen LogP contribution is 2.16. The Bertz CT molecular complexity index is 266. The van der Waals surface area contributed by atoms with Crippen molar-refractivity contribution in [2.45, 2.75) is 33.2 Å². The maximum Gasteiger partial charge on any atom is 0.0205 e. The van der Waals surface area contributed by atoms with Crippen LogP contribution in [0.4, 0.5) is 0 Å². The average Bonchev–Trinajstić information content (AvgIpc) is 2.18. The summed E-state index contributed by atoms with van der Waals surface area (Å²) < 4.78 is 0. The Morgan fingerprint density at radius 1 is 1.08 bits per heavy atom. The van der Waals surface area contributed by atoms with Crippen molar-refractivity contribution >= 4 is 0 Å². The molecule has 0 fully saturated rings. The Balaban J connectivity index is 3.03. The van der Waals surface area contributed by atoms with Crippen LogP contribution in [0.5, 0.6) is 0 Å². The molecule has 1 aromatic carbocycles. The molecule has 1 rings (SSSR count). The zero-order chi connectivity index (χ0) is 9.68. The number of hydrogen-bond acceptors (Lipinski definition) is 1. The molecule has 1 N–H and O–H groups in total. The molecule has 0 radical (unpaired) electrons.